The number of nitrogens with zero attached hydrogens (tertiary/aromatic N) is 2. The topological polar surface area (TPSA) is 67.1 Å². The minimum atomic E-state index is 0.648. The van der Waals surface area contributed by atoms with Crippen LogP contribution in [0.15, 0.2) is 17.4 Å². The molecule has 0 bridgehead atoms. The molecule has 0 saturated heterocycles. The van der Waals surface area contributed by atoms with Crippen LogP contribution in [0.4, 0.5) is 0 Å². The van der Waals surface area contributed by atoms with Crippen molar-refractivity contribution in [1.82, 2.24) is 9.97 Å². The Morgan fingerprint density at radius 3 is 3.17 bits per heavy atom. The molecule has 3 N–H and O–H groups in total. The molecule has 4 heteroatoms. The monoisotopic (exact) mass is 166 g/mol. The van der Waals surface area contributed by atoms with Gasteiger partial charge < -0.3 is 10.7 Å². The van der Waals surface area contributed by atoms with Gasteiger partial charge in [0.15, 0.2) is 0 Å². The number of aromatic amines is 1. The summed E-state index contributed by atoms with van der Waals surface area (Å²) in [7, 11) is 0. The van der Waals surface area contributed by atoms with Crippen molar-refractivity contribution in [3.8, 4) is 0 Å². The van der Waals surface area contributed by atoms with E-state index < -0.39 is 0 Å². The molecule has 0 aliphatic heterocycles. The van der Waals surface area contributed by atoms with E-state index in [0.717, 1.165) is 25.2 Å². The van der Waals surface area contributed by atoms with Gasteiger partial charge in [-0.1, -0.05) is 0 Å². The molecule has 0 saturated carbocycles. The van der Waals surface area contributed by atoms with Crippen LogP contribution in [0.1, 0.15) is 19.2 Å². The van der Waals surface area contributed by atoms with E-state index in [1.807, 2.05) is 6.20 Å². The van der Waals surface area contributed by atoms with Gasteiger partial charge in [0.2, 0.25) is 0 Å². The number of aromatic nitrogens is 2. The van der Waals surface area contributed by atoms with Crippen LogP contribution in [-0.4, -0.2) is 22.3 Å². The molecular formula is C8H14N4. The Morgan fingerprint density at radius 2 is 2.58 bits per heavy atom. The van der Waals surface area contributed by atoms with E-state index >= 15 is 0 Å². The molecule has 12 heavy (non-hydrogen) atoms. The number of aliphatic imine (C=N–C) groups is 1. The van der Waals surface area contributed by atoms with Gasteiger partial charge in [-0.15, -0.1) is 0 Å². The molecule has 0 aliphatic rings. The lowest BCUT2D eigenvalue weighted by atomic mass is 10.3. The van der Waals surface area contributed by atoms with Crippen LogP contribution < -0.4 is 5.73 Å². The minimum absolute atomic E-state index is 0.648. The number of nitrogens with two attached hydrogens (primary N) is 1. The molecule has 1 rings (SSSR count). The second kappa shape index (κ2) is 4.54. The van der Waals surface area contributed by atoms with Crippen molar-refractivity contribution < 1.29 is 0 Å². The van der Waals surface area contributed by atoms with Crippen LogP contribution >= 0.6 is 0 Å². The van der Waals surface area contributed by atoms with Crippen molar-refractivity contribution in [2.75, 3.05) is 6.54 Å². The highest BCUT2D eigenvalue weighted by molar-refractivity contribution is 5.77. The van der Waals surface area contributed by atoms with Gasteiger partial charge in [0.1, 0.15) is 5.82 Å². The number of rotatable bonds is 4. The van der Waals surface area contributed by atoms with E-state index in [1.54, 1.807) is 13.1 Å². The summed E-state index contributed by atoms with van der Waals surface area (Å²) in [6.45, 7) is 2.58. The molecule has 0 unspecified atom stereocenters. The number of nitrogens with one attached hydrogen (secondary N) is 1. The van der Waals surface area contributed by atoms with Gasteiger partial charge in [0.05, 0.1) is 5.84 Å². The third kappa shape index (κ3) is 3.18. The molecule has 1 aromatic heterocycles. The fourth-order valence-corrected chi connectivity index (χ4v) is 0.937. The van der Waals surface area contributed by atoms with Crippen LogP contribution in [0, 0.1) is 0 Å². The largest absolute Gasteiger partial charge is 0.388 e. The summed E-state index contributed by atoms with van der Waals surface area (Å²) >= 11 is 0. The second-order valence-electron chi connectivity index (χ2n) is 2.66. The third-order valence-electron chi connectivity index (χ3n) is 1.49. The fourth-order valence-electron chi connectivity index (χ4n) is 0.937. The van der Waals surface area contributed by atoms with Gasteiger partial charge in [-0.3, -0.25) is 4.99 Å². The molecule has 0 spiro atoms. The highest BCUT2D eigenvalue weighted by atomic mass is 14.9. The van der Waals surface area contributed by atoms with Gasteiger partial charge in [0, 0.05) is 25.4 Å². The van der Waals surface area contributed by atoms with Crippen LogP contribution in [0.3, 0.4) is 0 Å². The molecule has 1 heterocycles. The van der Waals surface area contributed by atoms with Crippen molar-refractivity contribution in [3.63, 3.8) is 0 Å². The molecule has 0 aliphatic carbocycles. The summed E-state index contributed by atoms with van der Waals surface area (Å²) in [5.74, 6) is 1.66. The number of aryl methyl sites for hydroxylation is 1. The zero-order valence-electron chi connectivity index (χ0n) is 7.25. The Kier molecular flexibility index (Phi) is 3.32. The van der Waals surface area contributed by atoms with E-state index in [-0.39, 0.29) is 0 Å². The highest BCUT2D eigenvalue weighted by Gasteiger charge is 1.92. The van der Waals surface area contributed by atoms with Crippen molar-refractivity contribution in [2.24, 2.45) is 10.7 Å². The quantitative estimate of drug-likeness (QED) is 0.393. The molecule has 0 atom stereocenters. The summed E-state index contributed by atoms with van der Waals surface area (Å²) in [6, 6.07) is 0. The van der Waals surface area contributed by atoms with Crippen LogP contribution in [0.2, 0.25) is 0 Å². The zero-order valence-corrected chi connectivity index (χ0v) is 7.25. The molecule has 0 fully saturated rings. The first-order valence-electron chi connectivity index (χ1n) is 4.04. The number of hydrogen-bond donors (Lipinski definition) is 2. The van der Waals surface area contributed by atoms with Gasteiger partial charge in [-0.05, 0) is 13.3 Å². The average Bonchev–Trinajstić information content (AvgIpc) is 2.49. The van der Waals surface area contributed by atoms with E-state index in [2.05, 4.69) is 15.0 Å². The number of hydrogen-bond acceptors (Lipinski definition) is 2. The Balaban J connectivity index is 2.16. The van der Waals surface area contributed by atoms with Crippen molar-refractivity contribution in [1.29, 1.82) is 0 Å². The zero-order chi connectivity index (χ0) is 8.81. The summed E-state index contributed by atoms with van der Waals surface area (Å²) in [5.41, 5.74) is 5.38. The molecule has 0 aromatic carbocycles. The maximum absolute atomic E-state index is 5.38. The first-order valence-corrected chi connectivity index (χ1v) is 4.04. The van der Waals surface area contributed by atoms with Crippen LogP contribution in [0.25, 0.3) is 0 Å². The Bertz CT molecular complexity index is 234. The summed E-state index contributed by atoms with van der Waals surface area (Å²) in [4.78, 5) is 11.2. The van der Waals surface area contributed by atoms with E-state index in [0.29, 0.717) is 5.84 Å². The summed E-state index contributed by atoms with van der Waals surface area (Å²) in [5, 5.41) is 0. The van der Waals surface area contributed by atoms with Crippen molar-refractivity contribution in [3.05, 3.63) is 18.2 Å². The second-order valence-corrected chi connectivity index (χ2v) is 2.66. The molecule has 4 nitrogen and oxygen atoms in total. The normalized spacial score (nSPS) is 11.9. The number of imidazole rings is 1. The van der Waals surface area contributed by atoms with Crippen molar-refractivity contribution >= 4 is 5.84 Å². The molecule has 0 amide bonds. The van der Waals surface area contributed by atoms with E-state index in [4.69, 9.17) is 5.73 Å². The Hall–Kier alpha value is -1.32. The van der Waals surface area contributed by atoms with Gasteiger partial charge in [0.25, 0.3) is 0 Å². The first kappa shape index (κ1) is 8.77. The first-order chi connectivity index (χ1) is 5.79. The molecule has 66 valence electrons. The van der Waals surface area contributed by atoms with Gasteiger partial charge in [-0.2, -0.15) is 0 Å². The lowest BCUT2D eigenvalue weighted by Gasteiger charge is -1.94. The average molecular weight is 166 g/mol. The highest BCUT2D eigenvalue weighted by Crippen LogP contribution is 1.94. The smallest absolute Gasteiger partial charge is 0.106 e. The third-order valence-corrected chi connectivity index (χ3v) is 1.49. The fraction of sp³-hybridized carbons (Fsp3) is 0.500. The summed E-state index contributed by atoms with van der Waals surface area (Å²) in [6.07, 6.45) is 5.51. The maximum atomic E-state index is 5.38. The van der Waals surface area contributed by atoms with E-state index in [9.17, 15) is 0 Å². The molecule has 1 aromatic rings. The summed E-state index contributed by atoms with van der Waals surface area (Å²) < 4.78 is 0. The maximum Gasteiger partial charge on any atom is 0.106 e. The van der Waals surface area contributed by atoms with Gasteiger partial charge in [-0.25, -0.2) is 4.98 Å². The lowest BCUT2D eigenvalue weighted by molar-refractivity contribution is 0.793. The Morgan fingerprint density at radius 1 is 1.75 bits per heavy atom. The predicted octanol–water partition coefficient (Wildman–Crippen LogP) is 0.719. The molecule has 0 radical (unpaired) electrons. The minimum Gasteiger partial charge on any atom is -0.388 e. The van der Waals surface area contributed by atoms with Crippen molar-refractivity contribution in [2.45, 2.75) is 19.8 Å². The number of H-pyrrole nitrogens is 1. The number of amidine groups is 1. The Labute approximate surface area is 71.9 Å². The van der Waals surface area contributed by atoms with Crippen LogP contribution in [-0.2, 0) is 6.42 Å². The predicted molar refractivity (Wildman–Crippen MR) is 49.1 cm³/mol. The van der Waals surface area contributed by atoms with Crippen LogP contribution in [0.5, 0.6) is 0 Å². The SMILES string of the molecule is CC(N)=NCCCc1ncc[nH]1. The van der Waals surface area contributed by atoms with E-state index in [1.165, 1.54) is 0 Å². The molecular weight excluding hydrogens is 152 g/mol. The van der Waals surface area contributed by atoms with Gasteiger partial charge >= 0.3 is 0 Å². The lowest BCUT2D eigenvalue weighted by Crippen LogP contribution is -2.06. The standard InChI is InChI=1S/C8H14N4/c1-7(9)10-4-2-3-8-11-5-6-12-8/h5-6H,2-4H2,1H3,(H2,9,10)(H,11,12).